The monoisotopic (exact) mass is 561 g/mol. The molecule has 0 fully saturated rings. The zero-order valence-corrected chi connectivity index (χ0v) is 24.1. The van der Waals surface area contributed by atoms with Crippen molar-refractivity contribution in [1.82, 2.24) is 9.78 Å². The first-order chi connectivity index (χ1) is 20.3. The molecule has 5 aromatic rings. The van der Waals surface area contributed by atoms with Crippen molar-refractivity contribution in [3.05, 3.63) is 108 Å². The SMILES string of the molecule is COc1ccc(-c2nn(-c3cccc(C)c3)c(OC(C)=O)c2-c2ccc(NC(=O)c3ccccc3C)cc2)c(OC)c1. The quantitative estimate of drug-likeness (QED) is 0.205. The number of anilines is 1. The first-order valence-corrected chi connectivity index (χ1v) is 13.4. The number of aryl methyl sites for hydroxylation is 2. The smallest absolute Gasteiger partial charge is 0.309 e. The number of esters is 1. The van der Waals surface area contributed by atoms with Crippen molar-refractivity contribution < 1.29 is 23.8 Å². The number of nitrogens with one attached hydrogen (secondary N) is 1. The van der Waals surface area contributed by atoms with E-state index in [2.05, 4.69) is 5.32 Å². The zero-order chi connectivity index (χ0) is 29.8. The highest BCUT2D eigenvalue weighted by atomic mass is 16.5. The Bertz CT molecular complexity index is 1770. The van der Waals surface area contributed by atoms with E-state index in [1.165, 1.54) is 6.92 Å². The fraction of sp³-hybridized carbons (Fsp3) is 0.147. The van der Waals surface area contributed by atoms with Gasteiger partial charge in [0.25, 0.3) is 5.91 Å². The van der Waals surface area contributed by atoms with Crippen LogP contribution in [0, 0.1) is 13.8 Å². The van der Waals surface area contributed by atoms with Gasteiger partial charge in [-0.15, -0.1) is 0 Å². The predicted molar refractivity (Wildman–Crippen MR) is 163 cm³/mol. The van der Waals surface area contributed by atoms with E-state index < -0.39 is 5.97 Å². The Labute approximate surface area is 244 Å². The third kappa shape index (κ3) is 5.74. The van der Waals surface area contributed by atoms with Crippen LogP contribution in [0.2, 0.25) is 0 Å². The average Bonchev–Trinajstić information content (AvgIpc) is 3.35. The Morgan fingerprint density at radius 1 is 0.833 bits per heavy atom. The highest BCUT2D eigenvalue weighted by molar-refractivity contribution is 6.05. The molecule has 0 saturated carbocycles. The minimum absolute atomic E-state index is 0.197. The number of hydrogen-bond donors (Lipinski definition) is 1. The summed E-state index contributed by atoms with van der Waals surface area (Å²) in [4.78, 5) is 25.3. The number of amides is 1. The maximum Gasteiger partial charge on any atom is 0.309 e. The molecule has 0 saturated heterocycles. The fourth-order valence-corrected chi connectivity index (χ4v) is 4.76. The second-order valence-corrected chi connectivity index (χ2v) is 9.79. The minimum atomic E-state index is -0.486. The Balaban J connectivity index is 1.66. The minimum Gasteiger partial charge on any atom is -0.497 e. The van der Waals surface area contributed by atoms with E-state index in [9.17, 15) is 9.59 Å². The van der Waals surface area contributed by atoms with Crippen LogP contribution in [0.4, 0.5) is 5.69 Å². The molecule has 0 aliphatic rings. The second kappa shape index (κ2) is 12.0. The summed E-state index contributed by atoms with van der Waals surface area (Å²) in [6.07, 6.45) is 0. The molecule has 8 heteroatoms. The molecule has 1 aromatic heterocycles. The highest BCUT2D eigenvalue weighted by Crippen LogP contribution is 2.44. The van der Waals surface area contributed by atoms with Crippen molar-refractivity contribution in [3.63, 3.8) is 0 Å². The lowest BCUT2D eigenvalue weighted by molar-refractivity contribution is -0.132. The lowest BCUT2D eigenvalue weighted by atomic mass is 10.00. The first-order valence-electron chi connectivity index (χ1n) is 13.4. The van der Waals surface area contributed by atoms with Gasteiger partial charge in [-0.25, -0.2) is 0 Å². The molecule has 0 atom stereocenters. The summed E-state index contributed by atoms with van der Waals surface area (Å²) in [5.74, 6) is 0.751. The number of rotatable bonds is 8. The molecule has 0 aliphatic carbocycles. The summed E-state index contributed by atoms with van der Waals surface area (Å²) in [5, 5.41) is 7.91. The van der Waals surface area contributed by atoms with Crippen LogP contribution in [-0.4, -0.2) is 35.9 Å². The number of hydrogen-bond acceptors (Lipinski definition) is 6. The molecule has 1 N–H and O–H groups in total. The van der Waals surface area contributed by atoms with Gasteiger partial charge >= 0.3 is 5.97 Å². The molecule has 5 rings (SSSR count). The van der Waals surface area contributed by atoms with Gasteiger partial charge < -0.3 is 19.5 Å². The normalized spacial score (nSPS) is 10.7. The van der Waals surface area contributed by atoms with Gasteiger partial charge in [0.2, 0.25) is 5.88 Å². The number of ether oxygens (including phenoxy) is 3. The van der Waals surface area contributed by atoms with E-state index in [1.807, 2.05) is 92.7 Å². The van der Waals surface area contributed by atoms with Crippen molar-refractivity contribution in [1.29, 1.82) is 0 Å². The summed E-state index contributed by atoms with van der Waals surface area (Å²) < 4.78 is 18.6. The molecule has 8 nitrogen and oxygen atoms in total. The summed E-state index contributed by atoms with van der Waals surface area (Å²) in [7, 11) is 3.17. The van der Waals surface area contributed by atoms with Crippen LogP contribution in [0.1, 0.15) is 28.4 Å². The van der Waals surface area contributed by atoms with Crippen LogP contribution in [0.5, 0.6) is 17.4 Å². The van der Waals surface area contributed by atoms with Crippen molar-refractivity contribution in [2.24, 2.45) is 0 Å². The van der Waals surface area contributed by atoms with Crippen LogP contribution in [0.25, 0.3) is 28.1 Å². The fourth-order valence-electron chi connectivity index (χ4n) is 4.76. The summed E-state index contributed by atoms with van der Waals surface area (Å²) >= 11 is 0. The molecule has 0 bridgehead atoms. The number of methoxy groups -OCH3 is 2. The van der Waals surface area contributed by atoms with Crippen LogP contribution in [0.3, 0.4) is 0 Å². The van der Waals surface area contributed by atoms with E-state index in [-0.39, 0.29) is 11.8 Å². The molecule has 42 heavy (non-hydrogen) atoms. The van der Waals surface area contributed by atoms with E-state index in [0.717, 1.165) is 22.4 Å². The van der Waals surface area contributed by atoms with Gasteiger partial charge in [0, 0.05) is 29.8 Å². The van der Waals surface area contributed by atoms with Gasteiger partial charge in [0.05, 0.1) is 25.5 Å². The molecule has 1 amide bonds. The van der Waals surface area contributed by atoms with Crippen molar-refractivity contribution in [2.45, 2.75) is 20.8 Å². The lowest BCUT2D eigenvalue weighted by Gasteiger charge is -2.12. The maximum absolute atomic E-state index is 12.9. The number of carbonyl (C=O) groups is 2. The van der Waals surface area contributed by atoms with Crippen LogP contribution in [0.15, 0.2) is 91.0 Å². The van der Waals surface area contributed by atoms with E-state index in [1.54, 1.807) is 31.0 Å². The van der Waals surface area contributed by atoms with E-state index in [0.29, 0.717) is 39.6 Å². The van der Waals surface area contributed by atoms with Gasteiger partial charge in [-0.2, -0.15) is 9.78 Å². The molecule has 0 unspecified atom stereocenters. The largest absolute Gasteiger partial charge is 0.497 e. The van der Waals surface area contributed by atoms with Crippen LogP contribution < -0.4 is 19.5 Å². The summed E-state index contributed by atoms with van der Waals surface area (Å²) in [5.41, 5.74) is 6.42. The first kappa shape index (κ1) is 28.2. The highest BCUT2D eigenvalue weighted by Gasteiger charge is 2.26. The van der Waals surface area contributed by atoms with Crippen LogP contribution in [-0.2, 0) is 4.79 Å². The molecule has 0 radical (unpaired) electrons. The Morgan fingerprint density at radius 3 is 2.26 bits per heavy atom. The third-order valence-corrected chi connectivity index (χ3v) is 6.81. The van der Waals surface area contributed by atoms with E-state index >= 15 is 0 Å². The molecule has 4 aromatic carbocycles. The summed E-state index contributed by atoms with van der Waals surface area (Å²) in [6.45, 7) is 5.24. The Hall–Kier alpha value is -5.37. The molecule has 0 aliphatic heterocycles. The van der Waals surface area contributed by atoms with Gasteiger partial charge in [-0.3, -0.25) is 9.59 Å². The van der Waals surface area contributed by atoms with Crippen molar-refractivity contribution >= 4 is 17.6 Å². The van der Waals surface area contributed by atoms with E-state index in [4.69, 9.17) is 19.3 Å². The van der Waals surface area contributed by atoms with Crippen molar-refractivity contribution in [3.8, 4) is 45.5 Å². The molecular formula is C34H31N3O5. The summed E-state index contributed by atoms with van der Waals surface area (Å²) in [6, 6.07) is 28.0. The van der Waals surface area contributed by atoms with Crippen molar-refractivity contribution in [2.75, 3.05) is 19.5 Å². The maximum atomic E-state index is 12.9. The lowest BCUT2D eigenvalue weighted by Crippen LogP contribution is -2.13. The predicted octanol–water partition coefficient (Wildman–Crippen LogP) is 7.02. The standard InChI is InChI=1S/C34H31N3O5/c1-21-9-8-11-26(19-21)37-34(42-23(3)38)31(32(36-37)29-18-17-27(40-4)20-30(29)41-5)24-13-15-25(16-14-24)35-33(39)28-12-7-6-10-22(28)2/h6-20H,1-5H3,(H,35,39). The molecule has 0 spiro atoms. The molecule has 212 valence electrons. The number of carbonyl (C=O) groups excluding carboxylic acids is 2. The van der Waals surface area contributed by atoms with Gasteiger partial charge in [0.15, 0.2) is 0 Å². The zero-order valence-electron chi connectivity index (χ0n) is 24.1. The average molecular weight is 562 g/mol. The number of nitrogens with zero attached hydrogens (tertiary/aromatic N) is 2. The Kier molecular flexibility index (Phi) is 8.06. The van der Waals surface area contributed by atoms with Gasteiger partial charge in [-0.05, 0) is 73.0 Å². The number of aromatic nitrogens is 2. The molecule has 1 heterocycles. The van der Waals surface area contributed by atoms with Gasteiger partial charge in [-0.1, -0.05) is 42.5 Å². The third-order valence-electron chi connectivity index (χ3n) is 6.81. The Morgan fingerprint density at radius 2 is 1.60 bits per heavy atom. The topological polar surface area (TPSA) is 91.7 Å². The van der Waals surface area contributed by atoms with Crippen LogP contribution >= 0.6 is 0 Å². The second-order valence-electron chi connectivity index (χ2n) is 9.79. The molecular weight excluding hydrogens is 530 g/mol. The number of benzene rings is 4. The van der Waals surface area contributed by atoms with Gasteiger partial charge in [0.1, 0.15) is 17.2 Å².